The maximum absolute atomic E-state index is 5.48. The number of hydrogen-bond donors (Lipinski definition) is 2. The van der Waals surface area contributed by atoms with Crippen molar-refractivity contribution in [3.63, 3.8) is 0 Å². The van der Waals surface area contributed by atoms with E-state index >= 15 is 0 Å². The van der Waals surface area contributed by atoms with Crippen LogP contribution in [-0.2, 0) is 12.8 Å². The fraction of sp³-hybridized carbons (Fsp3) is 0.727. The summed E-state index contributed by atoms with van der Waals surface area (Å²) < 4.78 is 0. The zero-order valence-electron chi connectivity index (χ0n) is 9.04. The van der Waals surface area contributed by atoms with Crippen LogP contribution in [0.2, 0.25) is 0 Å². The Morgan fingerprint density at radius 2 is 2.53 bits per heavy atom. The lowest BCUT2D eigenvalue weighted by Gasteiger charge is -2.03. The molecule has 0 saturated carbocycles. The van der Waals surface area contributed by atoms with Crippen LogP contribution >= 0.6 is 11.3 Å². The molecule has 1 saturated heterocycles. The molecule has 1 aliphatic rings. The highest BCUT2D eigenvalue weighted by Gasteiger charge is 2.16. The Bertz CT molecular complexity index is 292. The highest BCUT2D eigenvalue weighted by atomic mass is 32.1. The zero-order valence-corrected chi connectivity index (χ0v) is 9.85. The molecular weight excluding hydrogens is 206 g/mol. The first kappa shape index (κ1) is 11.0. The molecule has 15 heavy (non-hydrogen) atoms. The highest BCUT2D eigenvalue weighted by molar-refractivity contribution is 7.09. The predicted octanol–water partition coefficient (Wildman–Crippen LogP) is 1.19. The number of thiazole rings is 1. The lowest BCUT2D eigenvalue weighted by Crippen LogP contribution is -2.10. The molecule has 4 heteroatoms. The van der Waals surface area contributed by atoms with Gasteiger partial charge in [0.25, 0.3) is 0 Å². The van der Waals surface area contributed by atoms with Crippen molar-refractivity contribution < 1.29 is 0 Å². The maximum atomic E-state index is 5.48. The van der Waals surface area contributed by atoms with E-state index in [9.17, 15) is 0 Å². The van der Waals surface area contributed by atoms with Gasteiger partial charge in [-0.15, -0.1) is 11.3 Å². The summed E-state index contributed by atoms with van der Waals surface area (Å²) in [6.07, 6.45) is 4.54. The Morgan fingerprint density at radius 3 is 3.27 bits per heavy atom. The van der Waals surface area contributed by atoms with E-state index in [0.29, 0.717) is 0 Å². The van der Waals surface area contributed by atoms with Gasteiger partial charge >= 0.3 is 0 Å². The molecule has 1 aliphatic heterocycles. The molecule has 0 aromatic carbocycles. The minimum Gasteiger partial charge on any atom is -0.330 e. The molecule has 0 radical (unpaired) electrons. The Kier molecular flexibility index (Phi) is 4.11. The molecular formula is C11H19N3S. The van der Waals surface area contributed by atoms with Crippen LogP contribution in [0.25, 0.3) is 0 Å². The second kappa shape index (κ2) is 5.58. The van der Waals surface area contributed by atoms with Crippen molar-refractivity contribution in [2.24, 2.45) is 11.7 Å². The summed E-state index contributed by atoms with van der Waals surface area (Å²) in [5.41, 5.74) is 6.71. The first-order valence-corrected chi connectivity index (χ1v) is 6.60. The Labute approximate surface area is 95.1 Å². The van der Waals surface area contributed by atoms with E-state index in [-0.39, 0.29) is 0 Å². The van der Waals surface area contributed by atoms with Crippen molar-refractivity contribution in [2.45, 2.75) is 25.7 Å². The fourth-order valence-corrected chi connectivity index (χ4v) is 2.92. The number of aryl methyl sites for hydroxylation is 1. The standard InChI is InChI=1S/C11H19N3S/c12-4-1-2-10-8-15-11(14-10)6-9-3-5-13-7-9/h8-9,13H,1-7,12H2. The molecule has 1 atom stereocenters. The lowest BCUT2D eigenvalue weighted by molar-refractivity contribution is 0.577. The third-order valence-electron chi connectivity index (χ3n) is 2.86. The first-order chi connectivity index (χ1) is 7.38. The molecule has 3 nitrogen and oxygen atoms in total. The second-order valence-corrected chi connectivity index (χ2v) is 5.13. The van der Waals surface area contributed by atoms with E-state index in [0.717, 1.165) is 38.3 Å². The predicted molar refractivity (Wildman–Crippen MR) is 64.2 cm³/mol. The fourth-order valence-electron chi connectivity index (χ4n) is 1.98. The van der Waals surface area contributed by atoms with Crippen LogP contribution in [-0.4, -0.2) is 24.6 Å². The molecule has 1 aromatic heterocycles. The number of hydrogen-bond acceptors (Lipinski definition) is 4. The third kappa shape index (κ3) is 3.26. The normalized spacial score (nSPS) is 21.0. The van der Waals surface area contributed by atoms with Crippen LogP contribution in [0.3, 0.4) is 0 Å². The van der Waals surface area contributed by atoms with Gasteiger partial charge in [0.15, 0.2) is 0 Å². The smallest absolute Gasteiger partial charge is 0.0931 e. The van der Waals surface area contributed by atoms with Crippen LogP contribution in [0.15, 0.2) is 5.38 Å². The van der Waals surface area contributed by atoms with Gasteiger partial charge in [0.1, 0.15) is 0 Å². The molecule has 0 amide bonds. The van der Waals surface area contributed by atoms with Gasteiger partial charge in [0, 0.05) is 11.8 Å². The van der Waals surface area contributed by atoms with Crippen LogP contribution in [0.5, 0.6) is 0 Å². The van der Waals surface area contributed by atoms with E-state index < -0.39 is 0 Å². The lowest BCUT2D eigenvalue weighted by atomic mass is 10.1. The van der Waals surface area contributed by atoms with Gasteiger partial charge < -0.3 is 11.1 Å². The monoisotopic (exact) mass is 225 g/mol. The van der Waals surface area contributed by atoms with Crippen LogP contribution < -0.4 is 11.1 Å². The third-order valence-corrected chi connectivity index (χ3v) is 3.78. The van der Waals surface area contributed by atoms with Gasteiger partial charge in [-0.3, -0.25) is 0 Å². The van der Waals surface area contributed by atoms with Crippen molar-refractivity contribution in [1.82, 2.24) is 10.3 Å². The Balaban J connectivity index is 1.83. The zero-order chi connectivity index (χ0) is 10.5. The summed E-state index contributed by atoms with van der Waals surface area (Å²) in [7, 11) is 0. The molecule has 84 valence electrons. The minimum atomic E-state index is 0.763. The number of nitrogens with zero attached hydrogens (tertiary/aromatic N) is 1. The van der Waals surface area contributed by atoms with Crippen molar-refractivity contribution in [1.29, 1.82) is 0 Å². The number of nitrogens with two attached hydrogens (primary N) is 1. The van der Waals surface area contributed by atoms with Crippen molar-refractivity contribution in [2.75, 3.05) is 19.6 Å². The van der Waals surface area contributed by atoms with Gasteiger partial charge in [-0.2, -0.15) is 0 Å². The van der Waals surface area contributed by atoms with E-state index in [1.807, 2.05) is 11.3 Å². The molecule has 2 rings (SSSR count). The van der Waals surface area contributed by atoms with Crippen molar-refractivity contribution >= 4 is 11.3 Å². The second-order valence-electron chi connectivity index (χ2n) is 4.19. The number of aromatic nitrogens is 1. The summed E-state index contributed by atoms with van der Waals surface area (Å²) in [6, 6.07) is 0. The molecule has 1 aromatic rings. The summed E-state index contributed by atoms with van der Waals surface area (Å²) in [6.45, 7) is 3.10. The molecule has 0 aliphatic carbocycles. The largest absolute Gasteiger partial charge is 0.330 e. The summed E-state index contributed by atoms with van der Waals surface area (Å²) in [4.78, 5) is 4.65. The average Bonchev–Trinajstić information content (AvgIpc) is 2.87. The summed E-state index contributed by atoms with van der Waals surface area (Å²) >= 11 is 1.81. The number of rotatable bonds is 5. The Hall–Kier alpha value is -0.450. The summed E-state index contributed by atoms with van der Waals surface area (Å²) in [5, 5.41) is 6.88. The highest BCUT2D eigenvalue weighted by Crippen LogP contribution is 2.19. The summed E-state index contributed by atoms with van der Waals surface area (Å²) in [5.74, 6) is 0.804. The molecule has 1 fully saturated rings. The quantitative estimate of drug-likeness (QED) is 0.791. The minimum absolute atomic E-state index is 0.763. The topological polar surface area (TPSA) is 50.9 Å². The number of nitrogens with one attached hydrogen (secondary N) is 1. The van der Waals surface area contributed by atoms with E-state index in [1.54, 1.807) is 0 Å². The first-order valence-electron chi connectivity index (χ1n) is 5.72. The van der Waals surface area contributed by atoms with E-state index in [4.69, 9.17) is 5.73 Å². The molecule has 0 bridgehead atoms. The average molecular weight is 225 g/mol. The Morgan fingerprint density at radius 1 is 1.60 bits per heavy atom. The van der Waals surface area contributed by atoms with Gasteiger partial charge in [0.2, 0.25) is 0 Å². The maximum Gasteiger partial charge on any atom is 0.0931 e. The van der Waals surface area contributed by atoms with Crippen LogP contribution in [0, 0.1) is 5.92 Å². The van der Waals surface area contributed by atoms with Gasteiger partial charge in [-0.1, -0.05) is 0 Å². The van der Waals surface area contributed by atoms with Gasteiger partial charge in [-0.05, 0) is 44.8 Å². The van der Waals surface area contributed by atoms with Crippen LogP contribution in [0.4, 0.5) is 0 Å². The van der Waals surface area contributed by atoms with Gasteiger partial charge in [-0.25, -0.2) is 4.98 Å². The van der Waals surface area contributed by atoms with Crippen molar-refractivity contribution in [3.8, 4) is 0 Å². The van der Waals surface area contributed by atoms with Gasteiger partial charge in [0.05, 0.1) is 10.7 Å². The molecule has 1 unspecified atom stereocenters. The van der Waals surface area contributed by atoms with Crippen LogP contribution in [0.1, 0.15) is 23.5 Å². The van der Waals surface area contributed by atoms with E-state index in [2.05, 4.69) is 15.7 Å². The molecule has 2 heterocycles. The molecule has 3 N–H and O–H groups in total. The van der Waals surface area contributed by atoms with Crippen molar-refractivity contribution in [3.05, 3.63) is 16.1 Å². The molecule has 0 spiro atoms. The SMILES string of the molecule is NCCCc1csc(CC2CCNC2)n1. The van der Waals surface area contributed by atoms with E-state index in [1.165, 1.54) is 23.7 Å².